The summed E-state index contributed by atoms with van der Waals surface area (Å²) in [5, 5.41) is 5.56. The van der Waals surface area contributed by atoms with Gasteiger partial charge >= 0.3 is 0 Å². The Morgan fingerprint density at radius 2 is 2.12 bits per heavy atom. The van der Waals surface area contributed by atoms with E-state index in [1.807, 2.05) is 30.3 Å². The van der Waals surface area contributed by atoms with Crippen LogP contribution in [0.2, 0.25) is 0 Å². The largest absolute Gasteiger partial charge is 0.346 e. The second-order valence-electron chi connectivity index (χ2n) is 4.12. The van der Waals surface area contributed by atoms with Gasteiger partial charge in [-0.2, -0.15) is 0 Å². The number of anilines is 1. The highest BCUT2D eigenvalue weighted by Gasteiger charge is 2.21. The SMILES string of the molecule is O=C1C[NH+](CC(=O)Nc2ccccc2)CCN1. The van der Waals surface area contributed by atoms with Crippen LogP contribution in [0, 0.1) is 0 Å². The molecule has 1 unspecified atom stereocenters. The van der Waals surface area contributed by atoms with Crippen molar-refractivity contribution in [3.63, 3.8) is 0 Å². The molecule has 5 heteroatoms. The Kier molecular flexibility index (Phi) is 3.72. The Morgan fingerprint density at radius 1 is 1.35 bits per heavy atom. The Hall–Kier alpha value is -1.88. The minimum absolute atomic E-state index is 0.0127. The first-order valence-corrected chi connectivity index (χ1v) is 5.69. The summed E-state index contributed by atoms with van der Waals surface area (Å²) in [5.74, 6) is -0.0420. The summed E-state index contributed by atoms with van der Waals surface area (Å²) >= 11 is 0. The molecule has 1 saturated heterocycles. The predicted octanol–water partition coefficient (Wildman–Crippen LogP) is -1.36. The first-order chi connectivity index (χ1) is 8.24. The molecule has 1 aliphatic rings. The molecule has 1 aliphatic heterocycles. The molecular weight excluding hydrogens is 218 g/mol. The monoisotopic (exact) mass is 234 g/mol. The van der Waals surface area contributed by atoms with Crippen LogP contribution in [0.15, 0.2) is 30.3 Å². The van der Waals surface area contributed by atoms with Crippen molar-refractivity contribution in [3.8, 4) is 0 Å². The summed E-state index contributed by atoms with van der Waals surface area (Å²) in [5.41, 5.74) is 0.790. The average molecular weight is 234 g/mol. The zero-order valence-electron chi connectivity index (χ0n) is 9.53. The molecule has 0 saturated carbocycles. The number of benzene rings is 1. The van der Waals surface area contributed by atoms with Gasteiger partial charge in [0.05, 0.1) is 13.1 Å². The van der Waals surface area contributed by atoms with E-state index in [9.17, 15) is 9.59 Å². The van der Waals surface area contributed by atoms with E-state index in [4.69, 9.17) is 0 Å². The molecule has 0 spiro atoms. The summed E-state index contributed by atoms with van der Waals surface area (Å²) in [6.45, 7) is 2.16. The number of piperazine rings is 1. The number of hydrogen-bond acceptors (Lipinski definition) is 2. The number of rotatable bonds is 3. The van der Waals surface area contributed by atoms with Gasteiger partial charge in [-0.15, -0.1) is 0 Å². The fraction of sp³-hybridized carbons (Fsp3) is 0.333. The van der Waals surface area contributed by atoms with Gasteiger partial charge in [0.15, 0.2) is 13.1 Å². The summed E-state index contributed by atoms with van der Waals surface area (Å²) < 4.78 is 0. The van der Waals surface area contributed by atoms with Crippen LogP contribution in [0.4, 0.5) is 5.69 Å². The average Bonchev–Trinajstić information content (AvgIpc) is 2.30. The molecule has 0 radical (unpaired) electrons. The van der Waals surface area contributed by atoms with Gasteiger partial charge in [0.1, 0.15) is 0 Å². The number of quaternary nitrogens is 1. The third kappa shape index (κ3) is 3.57. The molecular formula is C12H16N3O2+. The summed E-state index contributed by atoms with van der Waals surface area (Å²) in [4.78, 5) is 23.9. The molecule has 5 nitrogen and oxygen atoms in total. The number of carbonyl (C=O) groups excluding carboxylic acids is 2. The quantitative estimate of drug-likeness (QED) is 0.605. The zero-order valence-corrected chi connectivity index (χ0v) is 9.53. The highest BCUT2D eigenvalue weighted by molar-refractivity contribution is 5.91. The van der Waals surface area contributed by atoms with Crippen LogP contribution in [0.5, 0.6) is 0 Å². The van der Waals surface area contributed by atoms with Crippen molar-refractivity contribution in [1.29, 1.82) is 0 Å². The van der Waals surface area contributed by atoms with Crippen molar-refractivity contribution in [2.75, 3.05) is 31.5 Å². The minimum Gasteiger partial charge on any atom is -0.346 e. The van der Waals surface area contributed by atoms with Gasteiger partial charge in [0, 0.05) is 5.69 Å². The molecule has 2 amide bonds. The topological polar surface area (TPSA) is 62.6 Å². The van der Waals surface area contributed by atoms with Crippen molar-refractivity contribution in [2.45, 2.75) is 0 Å². The molecule has 0 bridgehead atoms. The van der Waals surface area contributed by atoms with Crippen molar-refractivity contribution < 1.29 is 14.5 Å². The van der Waals surface area contributed by atoms with E-state index in [1.165, 1.54) is 0 Å². The van der Waals surface area contributed by atoms with E-state index >= 15 is 0 Å². The van der Waals surface area contributed by atoms with Crippen LogP contribution in [0.1, 0.15) is 0 Å². The number of nitrogens with one attached hydrogen (secondary N) is 3. The molecule has 0 aromatic heterocycles. The smallest absolute Gasteiger partial charge is 0.279 e. The third-order valence-corrected chi connectivity index (χ3v) is 2.68. The zero-order chi connectivity index (χ0) is 12.1. The highest BCUT2D eigenvalue weighted by Crippen LogP contribution is 2.03. The lowest BCUT2D eigenvalue weighted by molar-refractivity contribution is -0.885. The summed E-state index contributed by atoms with van der Waals surface area (Å²) in [6, 6.07) is 9.33. The van der Waals surface area contributed by atoms with Gasteiger partial charge < -0.3 is 15.5 Å². The van der Waals surface area contributed by atoms with E-state index in [0.717, 1.165) is 17.1 Å². The van der Waals surface area contributed by atoms with Gasteiger partial charge in [-0.05, 0) is 12.1 Å². The molecule has 1 aromatic rings. The predicted molar refractivity (Wildman–Crippen MR) is 63.6 cm³/mol. The summed E-state index contributed by atoms with van der Waals surface area (Å²) in [7, 11) is 0. The first kappa shape index (κ1) is 11.6. The van der Waals surface area contributed by atoms with Gasteiger partial charge in [-0.3, -0.25) is 9.59 Å². The molecule has 3 N–H and O–H groups in total. The maximum Gasteiger partial charge on any atom is 0.279 e. The van der Waals surface area contributed by atoms with E-state index in [1.54, 1.807) is 0 Å². The molecule has 0 aliphatic carbocycles. The van der Waals surface area contributed by atoms with Crippen LogP contribution >= 0.6 is 0 Å². The molecule has 1 heterocycles. The lowest BCUT2D eigenvalue weighted by Crippen LogP contribution is -3.16. The molecule has 1 fully saturated rings. The Morgan fingerprint density at radius 3 is 2.82 bits per heavy atom. The van der Waals surface area contributed by atoms with Gasteiger partial charge in [0.2, 0.25) is 0 Å². The first-order valence-electron chi connectivity index (χ1n) is 5.69. The Bertz CT molecular complexity index is 405. The number of amides is 2. The maximum atomic E-state index is 11.7. The van der Waals surface area contributed by atoms with Crippen molar-refractivity contribution in [2.24, 2.45) is 0 Å². The standard InChI is InChI=1S/C12H15N3O2/c16-11-8-15(7-6-13-11)9-12(17)14-10-4-2-1-3-5-10/h1-5H,6-9H2,(H,13,16)(H,14,17)/p+1. The van der Waals surface area contributed by atoms with Crippen molar-refractivity contribution in [1.82, 2.24) is 5.32 Å². The normalized spacial score (nSPS) is 19.5. The maximum absolute atomic E-state index is 11.7. The molecule has 90 valence electrons. The fourth-order valence-corrected chi connectivity index (χ4v) is 1.86. The molecule has 1 atom stereocenters. The van der Waals surface area contributed by atoms with Crippen molar-refractivity contribution >= 4 is 17.5 Å². The van der Waals surface area contributed by atoms with E-state index < -0.39 is 0 Å². The van der Waals surface area contributed by atoms with Crippen LogP contribution in [0.3, 0.4) is 0 Å². The van der Waals surface area contributed by atoms with Gasteiger partial charge in [0.25, 0.3) is 11.8 Å². The third-order valence-electron chi connectivity index (χ3n) is 2.68. The Labute approximate surface area is 99.8 Å². The van der Waals surface area contributed by atoms with Crippen molar-refractivity contribution in [3.05, 3.63) is 30.3 Å². The van der Waals surface area contributed by atoms with Crippen LogP contribution in [-0.2, 0) is 9.59 Å². The second-order valence-corrected chi connectivity index (χ2v) is 4.12. The highest BCUT2D eigenvalue weighted by atomic mass is 16.2. The number of para-hydroxylation sites is 1. The number of hydrogen-bond donors (Lipinski definition) is 3. The van der Waals surface area contributed by atoms with Crippen LogP contribution in [-0.4, -0.2) is 38.0 Å². The molecule has 2 rings (SSSR count). The van der Waals surface area contributed by atoms with E-state index in [2.05, 4.69) is 10.6 Å². The van der Waals surface area contributed by atoms with E-state index in [0.29, 0.717) is 19.6 Å². The second kappa shape index (κ2) is 5.45. The van der Waals surface area contributed by atoms with E-state index in [-0.39, 0.29) is 11.8 Å². The lowest BCUT2D eigenvalue weighted by atomic mass is 10.3. The van der Waals surface area contributed by atoms with Gasteiger partial charge in [-0.25, -0.2) is 0 Å². The summed E-state index contributed by atoms with van der Waals surface area (Å²) in [6.07, 6.45) is 0. The number of carbonyl (C=O) groups is 2. The van der Waals surface area contributed by atoms with Crippen LogP contribution < -0.4 is 15.5 Å². The fourth-order valence-electron chi connectivity index (χ4n) is 1.86. The molecule has 17 heavy (non-hydrogen) atoms. The van der Waals surface area contributed by atoms with Crippen LogP contribution in [0.25, 0.3) is 0 Å². The Balaban J connectivity index is 1.83. The lowest BCUT2D eigenvalue weighted by Gasteiger charge is -2.22. The van der Waals surface area contributed by atoms with Gasteiger partial charge in [-0.1, -0.05) is 18.2 Å². The minimum atomic E-state index is -0.0547. The molecule has 1 aromatic carbocycles.